The van der Waals surface area contributed by atoms with E-state index in [-0.39, 0.29) is 12.5 Å². The van der Waals surface area contributed by atoms with Gasteiger partial charge in [0.25, 0.3) is 0 Å². The molecule has 0 aliphatic carbocycles. The van der Waals surface area contributed by atoms with Crippen molar-refractivity contribution in [2.24, 2.45) is 10.9 Å². The molecule has 0 bridgehead atoms. The van der Waals surface area contributed by atoms with E-state index in [1.807, 2.05) is 0 Å². The predicted octanol–water partition coefficient (Wildman–Crippen LogP) is 0.414. The van der Waals surface area contributed by atoms with Gasteiger partial charge in [-0.05, 0) is 6.07 Å². The average molecular weight is 180 g/mol. The number of phenolic OH excluding ortho intramolecular Hbond substituents is 1. The number of aromatic hydroxyl groups is 1. The second-order valence-electron chi connectivity index (χ2n) is 2.54. The quantitative estimate of drug-likeness (QED) is 0.373. The van der Waals surface area contributed by atoms with Gasteiger partial charge in [-0.1, -0.05) is 0 Å². The van der Waals surface area contributed by atoms with E-state index in [0.717, 1.165) is 0 Å². The van der Waals surface area contributed by atoms with Crippen LogP contribution in [0.1, 0.15) is 5.56 Å². The first-order valence-electron chi connectivity index (χ1n) is 3.67. The topological polar surface area (TPSA) is 77.1 Å². The summed E-state index contributed by atoms with van der Waals surface area (Å²) in [5, 5.41) is 12.7. The van der Waals surface area contributed by atoms with Crippen molar-refractivity contribution >= 4 is 6.21 Å². The summed E-state index contributed by atoms with van der Waals surface area (Å²) in [6, 6.07) is 3.09. The highest BCUT2D eigenvalue weighted by atomic mass is 16.7. The molecule has 1 heterocycles. The Bertz CT molecular complexity index is 363. The number of benzene rings is 1. The Balaban J connectivity index is 2.49. The Kier molecular flexibility index (Phi) is 1.70. The monoisotopic (exact) mass is 180 g/mol. The molecule has 0 aromatic heterocycles. The molecule has 13 heavy (non-hydrogen) atoms. The zero-order chi connectivity index (χ0) is 9.26. The Morgan fingerprint density at radius 3 is 2.77 bits per heavy atom. The van der Waals surface area contributed by atoms with Crippen LogP contribution < -0.4 is 15.3 Å². The van der Waals surface area contributed by atoms with Gasteiger partial charge >= 0.3 is 0 Å². The van der Waals surface area contributed by atoms with E-state index in [2.05, 4.69) is 5.10 Å². The molecule has 0 saturated carbocycles. The smallest absolute Gasteiger partial charge is 0.231 e. The number of phenols is 1. The molecule has 0 radical (unpaired) electrons. The SMILES string of the molecule is N/N=C/c1cc2c(cc1O)OCO2. The Morgan fingerprint density at radius 1 is 1.38 bits per heavy atom. The maximum absolute atomic E-state index is 9.42. The van der Waals surface area contributed by atoms with Gasteiger partial charge in [0.05, 0.1) is 6.21 Å². The fraction of sp³-hybridized carbons (Fsp3) is 0.125. The van der Waals surface area contributed by atoms with Gasteiger partial charge < -0.3 is 20.4 Å². The summed E-state index contributed by atoms with van der Waals surface area (Å²) in [7, 11) is 0. The molecule has 5 heteroatoms. The Morgan fingerprint density at radius 2 is 2.08 bits per heavy atom. The molecule has 0 fully saturated rings. The number of hydrazone groups is 1. The van der Waals surface area contributed by atoms with Crippen molar-refractivity contribution in [2.45, 2.75) is 0 Å². The summed E-state index contributed by atoms with van der Waals surface area (Å²) in [4.78, 5) is 0. The number of nitrogens with zero attached hydrogens (tertiary/aromatic N) is 1. The minimum absolute atomic E-state index is 0.0680. The summed E-state index contributed by atoms with van der Waals surface area (Å²) < 4.78 is 10.2. The van der Waals surface area contributed by atoms with Crippen LogP contribution in [0.15, 0.2) is 17.2 Å². The molecule has 1 aromatic carbocycles. The molecule has 0 spiro atoms. The van der Waals surface area contributed by atoms with Crippen LogP contribution in [0.5, 0.6) is 17.2 Å². The zero-order valence-corrected chi connectivity index (χ0v) is 6.73. The third kappa shape index (κ3) is 1.24. The standard InChI is InChI=1S/C8H8N2O3/c9-10-3-5-1-7-8(2-6(5)11)13-4-12-7/h1-3,11H,4,9H2/b10-3+. The third-order valence-corrected chi connectivity index (χ3v) is 1.74. The number of hydrogen-bond acceptors (Lipinski definition) is 5. The summed E-state index contributed by atoms with van der Waals surface area (Å²) in [6.45, 7) is 0.179. The van der Waals surface area contributed by atoms with Crippen LogP contribution in [-0.4, -0.2) is 18.1 Å². The van der Waals surface area contributed by atoms with Crippen LogP contribution in [0.4, 0.5) is 0 Å². The zero-order valence-electron chi connectivity index (χ0n) is 6.73. The molecule has 1 aliphatic rings. The molecule has 5 nitrogen and oxygen atoms in total. The van der Waals surface area contributed by atoms with Gasteiger partial charge in [-0.15, -0.1) is 0 Å². The first kappa shape index (κ1) is 7.72. The highest BCUT2D eigenvalue weighted by Crippen LogP contribution is 2.36. The lowest BCUT2D eigenvalue weighted by Crippen LogP contribution is -1.92. The molecule has 0 saturated heterocycles. The van der Waals surface area contributed by atoms with E-state index in [4.69, 9.17) is 15.3 Å². The molecular weight excluding hydrogens is 172 g/mol. The van der Waals surface area contributed by atoms with Crippen LogP contribution in [0, 0.1) is 0 Å². The molecule has 0 atom stereocenters. The van der Waals surface area contributed by atoms with Crippen molar-refractivity contribution in [1.29, 1.82) is 0 Å². The number of hydrogen-bond donors (Lipinski definition) is 2. The highest BCUT2D eigenvalue weighted by molar-refractivity contribution is 5.84. The van der Waals surface area contributed by atoms with Crippen molar-refractivity contribution in [3.63, 3.8) is 0 Å². The first-order valence-corrected chi connectivity index (χ1v) is 3.67. The predicted molar refractivity (Wildman–Crippen MR) is 46.0 cm³/mol. The number of ether oxygens (including phenoxy) is 2. The number of rotatable bonds is 1. The maximum Gasteiger partial charge on any atom is 0.231 e. The van der Waals surface area contributed by atoms with Crippen LogP contribution >= 0.6 is 0 Å². The summed E-state index contributed by atoms with van der Waals surface area (Å²) in [6.07, 6.45) is 1.34. The molecule has 2 rings (SSSR count). The first-order chi connectivity index (χ1) is 6.31. The van der Waals surface area contributed by atoms with Gasteiger partial charge in [0.15, 0.2) is 11.5 Å². The Labute approximate surface area is 74.4 Å². The van der Waals surface area contributed by atoms with E-state index in [0.29, 0.717) is 17.1 Å². The van der Waals surface area contributed by atoms with Gasteiger partial charge in [-0.3, -0.25) is 0 Å². The van der Waals surface area contributed by atoms with Gasteiger partial charge in [0, 0.05) is 11.6 Å². The van der Waals surface area contributed by atoms with Gasteiger partial charge in [0.2, 0.25) is 6.79 Å². The van der Waals surface area contributed by atoms with Gasteiger partial charge in [-0.2, -0.15) is 5.10 Å². The van der Waals surface area contributed by atoms with Gasteiger partial charge in [0.1, 0.15) is 5.75 Å². The van der Waals surface area contributed by atoms with Crippen molar-refractivity contribution in [3.8, 4) is 17.2 Å². The van der Waals surface area contributed by atoms with Crippen LogP contribution in [0.2, 0.25) is 0 Å². The summed E-state index contributed by atoms with van der Waals surface area (Å²) >= 11 is 0. The largest absolute Gasteiger partial charge is 0.507 e. The molecule has 3 N–H and O–H groups in total. The van der Waals surface area contributed by atoms with Crippen molar-refractivity contribution < 1.29 is 14.6 Å². The van der Waals surface area contributed by atoms with E-state index in [9.17, 15) is 5.11 Å². The molecule has 1 aliphatic heterocycles. The molecule has 0 unspecified atom stereocenters. The van der Waals surface area contributed by atoms with E-state index in [1.165, 1.54) is 12.3 Å². The van der Waals surface area contributed by atoms with Crippen LogP contribution in [0.25, 0.3) is 0 Å². The van der Waals surface area contributed by atoms with Crippen molar-refractivity contribution in [2.75, 3.05) is 6.79 Å². The second kappa shape index (κ2) is 2.85. The Hall–Kier alpha value is -1.91. The van der Waals surface area contributed by atoms with Gasteiger partial charge in [-0.25, -0.2) is 0 Å². The third-order valence-electron chi connectivity index (χ3n) is 1.74. The maximum atomic E-state index is 9.42. The number of nitrogens with two attached hydrogens (primary N) is 1. The minimum Gasteiger partial charge on any atom is -0.507 e. The number of fused-ring (bicyclic) bond motifs is 1. The van der Waals surface area contributed by atoms with E-state index in [1.54, 1.807) is 6.07 Å². The lowest BCUT2D eigenvalue weighted by molar-refractivity contribution is 0.174. The lowest BCUT2D eigenvalue weighted by atomic mass is 10.2. The average Bonchev–Trinajstić information content (AvgIpc) is 2.52. The van der Waals surface area contributed by atoms with E-state index < -0.39 is 0 Å². The van der Waals surface area contributed by atoms with Crippen molar-refractivity contribution in [1.82, 2.24) is 0 Å². The normalized spacial score (nSPS) is 13.8. The molecule has 1 aromatic rings. The molecular formula is C8H8N2O3. The van der Waals surface area contributed by atoms with Crippen molar-refractivity contribution in [3.05, 3.63) is 17.7 Å². The fourth-order valence-electron chi connectivity index (χ4n) is 1.13. The van der Waals surface area contributed by atoms with E-state index >= 15 is 0 Å². The van der Waals surface area contributed by atoms with Crippen LogP contribution in [0.3, 0.4) is 0 Å². The summed E-state index contributed by atoms with van der Waals surface area (Å²) in [5.74, 6) is 6.15. The van der Waals surface area contributed by atoms with Crippen LogP contribution in [-0.2, 0) is 0 Å². The highest BCUT2D eigenvalue weighted by Gasteiger charge is 2.15. The second-order valence-corrected chi connectivity index (χ2v) is 2.54. The molecule has 0 amide bonds. The summed E-state index contributed by atoms with van der Waals surface area (Å²) in [5.41, 5.74) is 0.506. The minimum atomic E-state index is 0.0680. The fourth-order valence-corrected chi connectivity index (χ4v) is 1.13. The lowest BCUT2D eigenvalue weighted by Gasteiger charge is -2.00. The molecule has 68 valence electrons.